The van der Waals surface area contributed by atoms with E-state index in [1.165, 1.54) is 0 Å². The number of aromatic nitrogens is 2. The van der Waals surface area contributed by atoms with Gasteiger partial charge in [0.25, 0.3) is 0 Å². The highest BCUT2D eigenvalue weighted by molar-refractivity contribution is 5.73. The van der Waals surface area contributed by atoms with E-state index in [0.717, 1.165) is 57.4 Å². The van der Waals surface area contributed by atoms with Gasteiger partial charge in [0.15, 0.2) is 0 Å². The van der Waals surface area contributed by atoms with Gasteiger partial charge in [-0.05, 0) is 25.7 Å². The van der Waals surface area contributed by atoms with Gasteiger partial charge in [0, 0.05) is 50.9 Å². The van der Waals surface area contributed by atoms with E-state index in [1.807, 2.05) is 6.20 Å². The zero-order valence-electron chi connectivity index (χ0n) is 18.3. The number of carbonyl (C=O) groups is 1. The number of aromatic amines is 1. The van der Waals surface area contributed by atoms with Crippen molar-refractivity contribution in [3.8, 4) is 0 Å². The second-order valence-electron chi connectivity index (χ2n) is 7.07. The minimum atomic E-state index is -0.00467. The molecule has 0 spiro atoms. The molecule has 1 heterocycles. The van der Waals surface area contributed by atoms with Crippen LogP contribution in [0.25, 0.3) is 0 Å². The molecule has 5 heteroatoms. The van der Waals surface area contributed by atoms with E-state index in [-0.39, 0.29) is 11.9 Å². The van der Waals surface area contributed by atoms with E-state index >= 15 is 0 Å². The standard InChI is InChI=1S/C24H38N4O/c1-4-6-8-10-12-14-16-28(17-15-13-11-9-7-5-2)20-24(27-22(3)29)18-23-19-25-21-26-23/h6-9,12-15,19,21,24H,4-5,10-11,16-18,20H2,1-3H3,(H,25,26)(H,27,29)/b8-6-,9-7-,14-12+,15-13+. The summed E-state index contributed by atoms with van der Waals surface area (Å²) in [6.07, 6.45) is 25.9. The molecule has 1 aromatic heterocycles. The quantitative estimate of drug-likeness (QED) is 0.425. The van der Waals surface area contributed by atoms with Crippen LogP contribution >= 0.6 is 0 Å². The molecule has 0 radical (unpaired) electrons. The first-order chi connectivity index (χ1) is 14.2. The smallest absolute Gasteiger partial charge is 0.217 e. The molecule has 0 saturated heterocycles. The SMILES string of the molecule is CC/C=C\C/C=C/CN(C/C=C/C/C=C\CC)CC(Cc1cnc[nH]1)NC(C)=O. The molecular weight excluding hydrogens is 360 g/mol. The Morgan fingerprint density at radius 1 is 1.03 bits per heavy atom. The fourth-order valence-corrected chi connectivity index (χ4v) is 2.97. The van der Waals surface area contributed by atoms with Gasteiger partial charge in [0.1, 0.15) is 0 Å². The molecule has 0 aliphatic heterocycles. The number of hydrogen-bond acceptors (Lipinski definition) is 3. The second-order valence-corrected chi connectivity index (χ2v) is 7.07. The molecule has 0 bridgehead atoms. The van der Waals surface area contributed by atoms with Crippen LogP contribution in [0.5, 0.6) is 0 Å². The van der Waals surface area contributed by atoms with Crippen LogP contribution in [0.1, 0.15) is 52.1 Å². The summed E-state index contributed by atoms with van der Waals surface area (Å²) in [5.74, 6) is -0.00467. The van der Waals surface area contributed by atoms with Gasteiger partial charge in [-0.2, -0.15) is 0 Å². The highest BCUT2D eigenvalue weighted by atomic mass is 16.1. The third kappa shape index (κ3) is 13.4. The van der Waals surface area contributed by atoms with Gasteiger partial charge in [-0.25, -0.2) is 4.98 Å². The molecule has 5 nitrogen and oxygen atoms in total. The van der Waals surface area contributed by atoms with Gasteiger partial charge in [0.2, 0.25) is 5.91 Å². The fraction of sp³-hybridized carbons (Fsp3) is 0.500. The predicted molar refractivity (Wildman–Crippen MR) is 123 cm³/mol. The van der Waals surface area contributed by atoms with Crippen molar-refractivity contribution in [3.05, 3.63) is 66.8 Å². The normalized spacial score (nSPS) is 13.5. The minimum absolute atomic E-state index is 0.00467. The molecule has 0 aromatic carbocycles. The second kappa shape index (κ2) is 16.5. The van der Waals surface area contributed by atoms with Crippen molar-refractivity contribution in [3.63, 3.8) is 0 Å². The third-order valence-corrected chi connectivity index (χ3v) is 4.32. The Balaban J connectivity index is 2.69. The van der Waals surface area contributed by atoms with E-state index in [2.05, 4.69) is 82.6 Å². The van der Waals surface area contributed by atoms with Crippen molar-refractivity contribution in [2.45, 2.75) is 58.9 Å². The molecule has 1 atom stereocenters. The number of nitrogens with one attached hydrogen (secondary N) is 2. The topological polar surface area (TPSA) is 61.0 Å². The lowest BCUT2D eigenvalue weighted by molar-refractivity contribution is -0.119. The molecule has 29 heavy (non-hydrogen) atoms. The Kier molecular flexibility index (Phi) is 14.1. The summed E-state index contributed by atoms with van der Waals surface area (Å²) in [6, 6.07) is 0.0368. The van der Waals surface area contributed by atoms with Crippen LogP contribution in [-0.2, 0) is 11.2 Å². The van der Waals surface area contributed by atoms with Crippen LogP contribution in [0, 0.1) is 0 Å². The molecule has 0 fully saturated rings. The van der Waals surface area contributed by atoms with Crippen molar-refractivity contribution in [1.29, 1.82) is 0 Å². The first kappa shape index (κ1) is 24.6. The first-order valence-electron chi connectivity index (χ1n) is 10.7. The molecule has 1 unspecified atom stereocenters. The van der Waals surface area contributed by atoms with E-state index in [4.69, 9.17) is 0 Å². The van der Waals surface area contributed by atoms with Gasteiger partial charge in [-0.1, -0.05) is 62.5 Å². The summed E-state index contributed by atoms with van der Waals surface area (Å²) < 4.78 is 0. The molecule has 0 aliphatic rings. The van der Waals surface area contributed by atoms with Gasteiger partial charge in [0.05, 0.1) is 6.33 Å². The molecule has 0 aliphatic carbocycles. The van der Waals surface area contributed by atoms with Crippen molar-refractivity contribution in [1.82, 2.24) is 20.2 Å². The van der Waals surface area contributed by atoms with Crippen LogP contribution in [-0.4, -0.2) is 46.5 Å². The summed E-state index contributed by atoms with van der Waals surface area (Å²) in [5.41, 5.74) is 1.03. The average molecular weight is 399 g/mol. The average Bonchev–Trinajstić information content (AvgIpc) is 3.19. The molecule has 1 rings (SSSR count). The van der Waals surface area contributed by atoms with Crippen LogP contribution in [0.3, 0.4) is 0 Å². The number of amides is 1. The number of hydrogen-bond donors (Lipinski definition) is 2. The van der Waals surface area contributed by atoms with Gasteiger partial charge in [-0.15, -0.1) is 0 Å². The first-order valence-corrected chi connectivity index (χ1v) is 10.7. The van der Waals surface area contributed by atoms with Crippen LogP contribution in [0.15, 0.2) is 61.1 Å². The van der Waals surface area contributed by atoms with Gasteiger partial charge >= 0.3 is 0 Å². The fourth-order valence-electron chi connectivity index (χ4n) is 2.97. The monoisotopic (exact) mass is 398 g/mol. The molecule has 2 N–H and O–H groups in total. The van der Waals surface area contributed by atoms with Gasteiger partial charge in [-0.3, -0.25) is 9.69 Å². The molecular formula is C24H38N4O. The summed E-state index contributed by atoms with van der Waals surface area (Å²) in [6.45, 7) is 8.35. The van der Waals surface area contributed by atoms with Crippen LogP contribution < -0.4 is 5.32 Å². The minimum Gasteiger partial charge on any atom is -0.352 e. The molecule has 160 valence electrons. The van der Waals surface area contributed by atoms with E-state index in [9.17, 15) is 4.79 Å². The lowest BCUT2D eigenvalue weighted by Crippen LogP contribution is -2.44. The maximum absolute atomic E-state index is 11.7. The molecule has 0 saturated carbocycles. The summed E-state index contributed by atoms with van der Waals surface area (Å²) in [7, 11) is 0. The predicted octanol–water partition coefficient (Wildman–Crippen LogP) is 4.58. The molecule has 1 aromatic rings. The Hall–Kier alpha value is -2.40. The van der Waals surface area contributed by atoms with Crippen LogP contribution in [0.2, 0.25) is 0 Å². The number of imidazole rings is 1. The zero-order chi connectivity index (χ0) is 21.2. The highest BCUT2D eigenvalue weighted by Crippen LogP contribution is 2.03. The van der Waals surface area contributed by atoms with Crippen molar-refractivity contribution < 1.29 is 4.79 Å². The van der Waals surface area contributed by atoms with Crippen molar-refractivity contribution in [2.75, 3.05) is 19.6 Å². The Morgan fingerprint density at radius 2 is 1.62 bits per heavy atom. The third-order valence-electron chi connectivity index (χ3n) is 4.32. The summed E-state index contributed by atoms with van der Waals surface area (Å²) in [5, 5.41) is 3.09. The Labute approximate surface area is 176 Å². The number of rotatable bonds is 15. The van der Waals surface area contributed by atoms with Crippen molar-refractivity contribution >= 4 is 5.91 Å². The van der Waals surface area contributed by atoms with Gasteiger partial charge < -0.3 is 10.3 Å². The maximum atomic E-state index is 11.7. The lowest BCUT2D eigenvalue weighted by atomic mass is 10.1. The number of carbonyl (C=O) groups excluding carboxylic acids is 1. The van der Waals surface area contributed by atoms with E-state index < -0.39 is 0 Å². The van der Waals surface area contributed by atoms with Crippen molar-refractivity contribution in [2.24, 2.45) is 0 Å². The summed E-state index contributed by atoms with van der Waals surface area (Å²) >= 11 is 0. The van der Waals surface area contributed by atoms with E-state index in [0.29, 0.717) is 0 Å². The number of nitrogens with zero attached hydrogens (tertiary/aromatic N) is 2. The summed E-state index contributed by atoms with van der Waals surface area (Å²) in [4.78, 5) is 21.3. The molecule has 1 amide bonds. The highest BCUT2D eigenvalue weighted by Gasteiger charge is 2.15. The lowest BCUT2D eigenvalue weighted by Gasteiger charge is -2.26. The van der Waals surface area contributed by atoms with Crippen LogP contribution in [0.4, 0.5) is 0 Å². The largest absolute Gasteiger partial charge is 0.352 e. The van der Waals surface area contributed by atoms with E-state index in [1.54, 1.807) is 13.3 Å². The Bertz CT molecular complexity index is 616. The number of allylic oxidation sites excluding steroid dienone is 6. The maximum Gasteiger partial charge on any atom is 0.217 e. The number of H-pyrrole nitrogens is 1. The Morgan fingerprint density at radius 3 is 2.10 bits per heavy atom. The zero-order valence-corrected chi connectivity index (χ0v) is 18.3.